The molecule has 0 heterocycles. The topological polar surface area (TPSA) is 66.0 Å². The molecule has 0 aromatic heterocycles. The van der Waals surface area contributed by atoms with Crippen LogP contribution in [-0.2, 0) is 9.53 Å². The first-order valence-electron chi connectivity index (χ1n) is 9.98. The van der Waals surface area contributed by atoms with E-state index in [1.54, 1.807) is 6.20 Å². The van der Waals surface area contributed by atoms with Gasteiger partial charge in [0, 0.05) is 32.3 Å². The van der Waals surface area contributed by atoms with Crippen LogP contribution in [0, 0.1) is 0 Å². The van der Waals surface area contributed by atoms with Gasteiger partial charge >= 0.3 is 0 Å². The van der Waals surface area contributed by atoms with E-state index < -0.39 is 0 Å². The van der Waals surface area contributed by atoms with Gasteiger partial charge in [-0.25, -0.2) is 4.99 Å². The van der Waals surface area contributed by atoms with E-state index in [9.17, 15) is 4.79 Å². The van der Waals surface area contributed by atoms with Crippen molar-refractivity contribution in [2.45, 2.75) is 39.5 Å². The van der Waals surface area contributed by atoms with Gasteiger partial charge in [-0.3, -0.25) is 5.32 Å². The van der Waals surface area contributed by atoms with Crippen molar-refractivity contribution in [3.05, 3.63) is 36.6 Å². The third kappa shape index (κ3) is 20.4. The van der Waals surface area contributed by atoms with Crippen LogP contribution in [0.1, 0.15) is 39.5 Å². The molecule has 0 aromatic rings. The van der Waals surface area contributed by atoms with Gasteiger partial charge in [0.05, 0.1) is 19.7 Å². The second-order valence-corrected chi connectivity index (χ2v) is 5.95. The van der Waals surface area contributed by atoms with Gasteiger partial charge in [0.1, 0.15) is 6.29 Å². The van der Waals surface area contributed by atoms with Crippen molar-refractivity contribution in [3.8, 4) is 0 Å². The van der Waals surface area contributed by atoms with Gasteiger partial charge in [-0.2, -0.15) is 0 Å². The summed E-state index contributed by atoms with van der Waals surface area (Å²) in [7, 11) is 0. The fourth-order valence-electron chi connectivity index (χ4n) is 2.11. The highest BCUT2D eigenvalue weighted by Crippen LogP contribution is 1.89. The van der Waals surface area contributed by atoms with Crippen LogP contribution in [0.15, 0.2) is 41.6 Å². The molecule has 0 spiro atoms. The molecule has 0 saturated heterocycles. The number of likely N-dealkylation sites (N-methyl/N-ethyl adjacent to an activating group) is 1. The molecule has 2 N–H and O–H groups in total. The Morgan fingerprint density at radius 1 is 1.04 bits per heavy atom. The second kappa shape index (κ2) is 22.3. The summed E-state index contributed by atoms with van der Waals surface area (Å²) in [5.74, 6) is 0. The largest absolute Gasteiger partial charge is 0.362 e. The molecule has 0 bridgehead atoms. The number of carbonyl (C=O) groups excluding carboxylic acids is 1. The molecular formula is C21H38N4O2. The van der Waals surface area contributed by atoms with Crippen LogP contribution >= 0.6 is 0 Å². The summed E-state index contributed by atoms with van der Waals surface area (Å²) in [6.45, 7) is 10.2. The number of hydrogen-bond donors (Lipinski definition) is 2. The monoisotopic (exact) mass is 378 g/mol. The summed E-state index contributed by atoms with van der Waals surface area (Å²) in [4.78, 5) is 16.5. The lowest BCUT2D eigenvalue weighted by atomic mass is 10.3. The molecule has 27 heavy (non-hydrogen) atoms. The Morgan fingerprint density at radius 2 is 1.81 bits per heavy atom. The Bertz CT molecular complexity index is 434. The summed E-state index contributed by atoms with van der Waals surface area (Å²) in [6.07, 6.45) is 18.1. The van der Waals surface area contributed by atoms with Crippen molar-refractivity contribution in [2.24, 2.45) is 4.99 Å². The summed E-state index contributed by atoms with van der Waals surface area (Å²) < 4.78 is 5.46. The molecule has 0 amide bonds. The van der Waals surface area contributed by atoms with Crippen LogP contribution in [-0.4, -0.2) is 63.6 Å². The number of nitrogens with zero attached hydrogens (tertiary/aromatic N) is 2. The molecule has 0 radical (unpaired) electrons. The van der Waals surface area contributed by atoms with E-state index in [0.29, 0.717) is 19.8 Å². The highest BCUT2D eigenvalue weighted by Gasteiger charge is 1.95. The van der Waals surface area contributed by atoms with Crippen molar-refractivity contribution >= 4 is 12.6 Å². The molecular weight excluding hydrogens is 340 g/mol. The van der Waals surface area contributed by atoms with Crippen LogP contribution < -0.4 is 10.6 Å². The Labute approximate surface area is 165 Å². The van der Waals surface area contributed by atoms with Crippen molar-refractivity contribution in [1.29, 1.82) is 0 Å². The van der Waals surface area contributed by atoms with Crippen LogP contribution in [0.25, 0.3) is 0 Å². The van der Waals surface area contributed by atoms with Crippen LogP contribution in [0.4, 0.5) is 0 Å². The van der Waals surface area contributed by atoms with Gasteiger partial charge in [0.15, 0.2) is 0 Å². The van der Waals surface area contributed by atoms with Crippen LogP contribution in [0.3, 0.4) is 0 Å². The summed E-state index contributed by atoms with van der Waals surface area (Å²) >= 11 is 0. The number of carbonyl (C=O) groups is 1. The second-order valence-electron chi connectivity index (χ2n) is 5.95. The summed E-state index contributed by atoms with van der Waals surface area (Å²) in [5, 5.41) is 6.75. The van der Waals surface area contributed by atoms with Gasteiger partial charge in [0.2, 0.25) is 0 Å². The van der Waals surface area contributed by atoms with Gasteiger partial charge in [0.25, 0.3) is 0 Å². The minimum atomic E-state index is 0.573. The molecule has 0 aliphatic heterocycles. The van der Waals surface area contributed by atoms with E-state index >= 15 is 0 Å². The molecule has 0 aliphatic rings. The van der Waals surface area contributed by atoms with Gasteiger partial charge in [-0.15, -0.1) is 0 Å². The smallest absolute Gasteiger partial charge is 0.120 e. The zero-order valence-electron chi connectivity index (χ0n) is 17.1. The lowest BCUT2D eigenvalue weighted by Gasteiger charge is -2.17. The average molecular weight is 379 g/mol. The number of unbranched alkanes of at least 4 members (excludes halogenated alkanes) is 2. The molecule has 6 nitrogen and oxygen atoms in total. The van der Waals surface area contributed by atoms with E-state index in [0.717, 1.165) is 58.3 Å². The first-order valence-corrected chi connectivity index (χ1v) is 9.98. The normalized spacial score (nSPS) is 12.2. The lowest BCUT2D eigenvalue weighted by Crippen LogP contribution is -2.31. The van der Waals surface area contributed by atoms with Crippen LogP contribution in [0.5, 0.6) is 0 Å². The molecule has 0 rings (SSSR count). The Hall–Kier alpha value is -1.76. The Morgan fingerprint density at radius 3 is 2.56 bits per heavy atom. The minimum absolute atomic E-state index is 0.573. The number of hydrogen-bond acceptors (Lipinski definition) is 5. The number of nitrogens with one attached hydrogen (secondary N) is 2. The van der Waals surface area contributed by atoms with E-state index in [-0.39, 0.29) is 0 Å². The number of rotatable bonds is 19. The SMILES string of the molecule is C/C=C\N=CN(CC)CCNCCCCNCOC/C=C\C=C/CCC=O. The van der Waals surface area contributed by atoms with E-state index in [1.807, 2.05) is 43.6 Å². The van der Waals surface area contributed by atoms with Gasteiger partial charge in [-0.1, -0.05) is 30.4 Å². The zero-order valence-corrected chi connectivity index (χ0v) is 17.1. The fraction of sp³-hybridized carbons (Fsp3) is 0.619. The number of ether oxygens (including phenoxy) is 1. The first kappa shape index (κ1) is 25.2. The zero-order chi connectivity index (χ0) is 19.8. The number of aliphatic imine (C=N–C) groups is 1. The standard InChI is InChI=1S/C21H38N4O2/c1-3-13-23-20-25(4-2)17-16-22-14-9-10-15-24-21-27-19-12-8-6-5-7-11-18-26/h3,5-6,8,12-13,18,20,22,24H,4,7,9-11,14-17,19,21H2,1-2H3/b6-5-,12-8-,13-3-,23-20?. The fourth-order valence-corrected chi connectivity index (χ4v) is 2.11. The van der Waals surface area contributed by atoms with Crippen molar-refractivity contribution in [2.75, 3.05) is 46.1 Å². The maximum absolute atomic E-state index is 10.1. The van der Waals surface area contributed by atoms with Crippen molar-refractivity contribution < 1.29 is 9.53 Å². The van der Waals surface area contributed by atoms with Crippen molar-refractivity contribution in [3.63, 3.8) is 0 Å². The van der Waals surface area contributed by atoms with E-state index in [4.69, 9.17) is 4.74 Å². The molecule has 154 valence electrons. The molecule has 6 heteroatoms. The highest BCUT2D eigenvalue weighted by molar-refractivity contribution is 5.55. The highest BCUT2D eigenvalue weighted by atomic mass is 16.5. The molecule has 0 atom stereocenters. The first-order chi connectivity index (χ1) is 13.3. The molecule has 0 fully saturated rings. The third-order valence-corrected chi connectivity index (χ3v) is 3.66. The molecule has 0 unspecified atom stereocenters. The van der Waals surface area contributed by atoms with Crippen molar-refractivity contribution in [1.82, 2.24) is 15.5 Å². The molecule has 0 aliphatic carbocycles. The maximum Gasteiger partial charge on any atom is 0.120 e. The summed E-state index contributed by atoms with van der Waals surface area (Å²) in [6, 6.07) is 0. The quantitative estimate of drug-likeness (QED) is 0.0903. The molecule has 0 saturated carbocycles. The third-order valence-electron chi connectivity index (χ3n) is 3.66. The number of allylic oxidation sites excluding steroid dienone is 4. The van der Waals surface area contributed by atoms with E-state index in [2.05, 4.69) is 27.4 Å². The van der Waals surface area contributed by atoms with Crippen LogP contribution in [0.2, 0.25) is 0 Å². The maximum atomic E-state index is 10.1. The summed E-state index contributed by atoms with van der Waals surface area (Å²) in [5.41, 5.74) is 0. The number of aldehydes is 1. The Kier molecular flexibility index (Phi) is 20.8. The Balaban J connectivity index is 3.34. The average Bonchev–Trinajstić information content (AvgIpc) is 2.69. The lowest BCUT2D eigenvalue weighted by molar-refractivity contribution is -0.107. The van der Waals surface area contributed by atoms with Gasteiger partial charge in [-0.05, 0) is 46.2 Å². The van der Waals surface area contributed by atoms with E-state index in [1.165, 1.54) is 0 Å². The predicted octanol–water partition coefficient (Wildman–Crippen LogP) is 2.90. The van der Waals surface area contributed by atoms with Gasteiger partial charge < -0.3 is 19.7 Å². The minimum Gasteiger partial charge on any atom is -0.362 e. The molecule has 0 aromatic carbocycles. The predicted molar refractivity (Wildman–Crippen MR) is 115 cm³/mol.